The number of nitrogens with zero attached hydrogens (tertiary/aromatic N) is 2. The Morgan fingerprint density at radius 1 is 1.12 bits per heavy atom. The van der Waals surface area contributed by atoms with Gasteiger partial charge in [0.1, 0.15) is 0 Å². The predicted molar refractivity (Wildman–Crippen MR) is 110 cm³/mol. The van der Waals surface area contributed by atoms with Crippen LogP contribution in [0.5, 0.6) is 0 Å². The average molecular weight is 370 g/mol. The number of amides is 1. The second-order valence-electron chi connectivity index (χ2n) is 6.63. The zero-order chi connectivity index (χ0) is 18.5. The molecule has 0 aliphatic carbocycles. The summed E-state index contributed by atoms with van der Waals surface area (Å²) in [7, 11) is 2.15. The number of halogens is 1. The van der Waals surface area contributed by atoms with Gasteiger partial charge in [-0.25, -0.2) is 0 Å². The van der Waals surface area contributed by atoms with Crippen LogP contribution < -0.4 is 10.2 Å². The van der Waals surface area contributed by atoms with E-state index in [0.717, 1.165) is 43.0 Å². The molecular weight excluding hydrogens is 346 g/mol. The summed E-state index contributed by atoms with van der Waals surface area (Å²) in [4.78, 5) is 16.9. The standard InChI is InChI=1S/C21H24ClN3O/c1-16-15-18(25-13-11-24(2)12-14-25)8-9-20(16)23-21(26)10-7-17-5-3-4-6-19(17)22/h3-10,15H,11-14H2,1-2H3,(H,23,26)/b10-7+. The maximum atomic E-state index is 12.2. The third-order valence-corrected chi connectivity index (χ3v) is 5.00. The van der Waals surface area contributed by atoms with Gasteiger partial charge in [0, 0.05) is 48.7 Å². The molecule has 136 valence electrons. The van der Waals surface area contributed by atoms with E-state index >= 15 is 0 Å². The first-order valence-electron chi connectivity index (χ1n) is 8.80. The summed E-state index contributed by atoms with van der Waals surface area (Å²) in [6.07, 6.45) is 3.24. The molecule has 2 aromatic carbocycles. The largest absolute Gasteiger partial charge is 0.369 e. The van der Waals surface area contributed by atoms with E-state index in [1.807, 2.05) is 31.2 Å². The molecule has 1 heterocycles. The number of benzene rings is 2. The molecule has 0 unspecified atom stereocenters. The number of anilines is 2. The Balaban J connectivity index is 1.64. The molecule has 1 saturated heterocycles. The lowest BCUT2D eigenvalue weighted by Crippen LogP contribution is -2.44. The lowest BCUT2D eigenvalue weighted by molar-refractivity contribution is -0.111. The average Bonchev–Trinajstić information content (AvgIpc) is 2.63. The Kier molecular flexibility index (Phi) is 5.96. The number of rotatable bonds is 4. The first-order chi connectivity index (χ1) is 12.5. The van der Waals surface area contributed by atoms with Crippen LogP contribution in [-0.4, -0.2) is 44.0 Å². The van der Waals surface area contributed by atoms with Crippen LogP contribution in [0.25, 0.3) is 6.08 Å². The molecule has 3 rings (SSSR count). The lowest BCUT2D eigenvalue weighted by atomic mass is 10.1. The molecule has 1 amide bonds. The van der Waals surface area contributed by atoms with E-state index in [1.54, 1.807) is 12.1 Å². The molecular formula is C21H24ClN3O. The molecule has 0 aromatic heterocycles. The fourth-order valence-electron chi connectivity index (χ4n) is 3.00. The van der Waals surface area contributed by atoms with Crippen molar-refractivity contribution in [2.24, 2.45) is 0 Å². The maximum Gasteiger partial charge on any atom is 0.248 e. The van der Waals surface area contributed by atoms with E-state index in [0.29, 0.717) is 5.02 Å². The monoisotopic (exact) mass is 369 g/mol. The highest BCUT2D eigenvalue weighted by Crippen LogP contribution is 2.24. The maximum absolute atomic E-state index is 12.2. The smallest absolute Gasteiger partial charge is 0.248 e. The molecule has 1 aliphatic heterocycles. The van der Waals surface area contributed by atoms with Gasteiger partial charge in [0.2, 0.25) is 5.91 Å². The van der Waals surface area contributed by atoms with Crippen molar-refractivity contribution in [2.45, 2.75) is 6.92 Å². The van der Waals surface area contributed by atoms with Gasteiger partial charge < -0.3 is 15.1 Å². The minimum absolute atomic E-state index is 0.166. The van der Waals surface area contributed by atoms with E-state index in [-0.39, 0.29) is 5.91 Å². The van der Waals surface area contributed by atoms with E-state index in [4.69, 9.17) is 11.6 Å². The molecule has 0 radical (unpaired) electrons. The SMILES string of the molecule is Cc1cc(N2CCN(C)CC2)ccc1NC(=O)/C=C/c1ccccc1Cl. The van der Waals surface area contributed by atoms with Crippen molar-refractivity contribution < 1.29 is 4.79 Å². The van der Waals surface area contributed by atoms with Crippen molar-refractivity contribution >= 4 is 35.0 Å². The molecule has 2 aromatic rings. The molecule has 0 spiro atoms. The third kappa shape index (κ3) is 4.65. The van der Waals surface area contributed by atoms with Crippen molar-refractivity contribution in [2.75, 3.05) is 43.4 Å². The van der Waals surface area contributed by atoms with Crippen molar-refractivity contribution in [3.63, 3.8) is 0 Å². The number of likely N-dealkylation sites (N-methyl/N-ethyl adjacent to an activating group) is 1. The number of hydrogen-bond donors (Lipinski definition) is 1. The van der Waals surface area contributed by atoms with E-state index < -0.39 is 0 Å². The highest BCUT2D eigenvalue weighted by Gasteiger charge is 2.15. The number of nitrogens with one attached hydrogen (secondary N) is 1. The van der Waals surface area contributed by atoms with Gasteiger partial charge in [0.15, 0.2) is 0 Å². The predicted octanol–water partition coefficient (Wildman–Crippen LogP) is 4.05. The minimum atomic E-state index is -0.166. The quantitative estimate of drug-likeness (QED) is 0.826. The Labute approximate surface area is 160 Å². The second kappa shape index (κ2) is 8.39. The number of piperazine rings is 1. The van der Waals surface area contributed by atoms with Crippen LogP contribution in [0.2, 0.25) is 5.02 Å². The van der Waals surface area contributed by atoms with Crippen molar-refractivity contribution in [3.8, 4) is 0 Å². The first-order valence-corrected chi connectivity index (χ1v) is 9.18. The van der Waals surface area contributed by atoms with Gasteiger partial charge in [-0.05, 0) is 55.4 Å². The first kappa shape index (κ1) is 18.5. The second-order valence-corrected chi connectivity index (χ2v) is 7.04. The molecule has 5 heteroatoms. The fraction of sp³-hybridized carbons (Fsp3) is 0.286. The highest BCUT2D eigenvalue weighted by molar-refractivity contribution is 6.32. The van der Waals surface area contributed by atoms with Crippen LogP contribution in [0, 0.1) is 6.92 Å². The van der Waals surface area contributed by atoms with Gasteiger partial charge in [0.05, 0.1) is 0 Å². The summed E-state index contributed by atoms with van der Waals surface area (Å²) in [5.74, 6) is -0.166. The Morgan fingerprint density at radius 2 is 1.85 bits per heavy atom. The molecule has 0 atom stereocenters. The van der Waals surface area contributed by atoms with Gasteiger partial charge in [-0.15, -0.1) is 0 Å². The zero-order valence-corrected chi connectivity index (χ0v) is 16.0. The van der Waals surface area contributed by atoms with Gasteiger partial charge in [0.25, 0.3) is 0 Å². The van der Waals surface area contributed by atoms with Crippen LogP contribution in [0.1, 0.15) is 11.1 Å². The number of hydrogen-bond acceptors (Lipinski definition) is 3. The summed E-state index contributed by atoms with van der Waals surface area (Å²) in [5.41, 5.74) is 3.92. The Bertz CT molecular complexity index is 811. The van der Waals surface area contributed by atoms with Crippen LogP contribution in [0.4, 0.5) is 11.4 Å². The summed E-state index contributed by atoms with van der Waals surface area (Å²) in [5, 5.41) is 3.57. The van der Waals surface area contributed by atoms with Gasteiger partial charge in [-0.3, -0.25) is 4.79 Å². The fourth-order valence-corrected chi connectivity index (χ4v) is 3.20. The van der Waals surface area contributed by atoms with Crippen molar-refractivity contribution in [3.05, 3.63) is 64.7 Å². The molecule has 26 heavy (non-hydrogen) atoms. The van der Waals surface area contributed by atoms with Gasteiger partial charge in [-0.2, -0.15) is 0 Å². The highest BCUT2D eigenvalue weighted by atomic mass is 35.5. The van der Waals surface area contributed by atoms with Gasteiger partial charge in [-0.1, -0.05) is 29.8 Å². The van der Waals surface area contributed by atoms with Crippen LogP contribution in [0.3, 0.4) is 0 Å². The van der Waals surface area contributed by atoms with E-state index in [2.05, 4.69) is 34.3 Å². The normalized spacial score (nSPS) is 15.4. The van der Waals surface area contributed by atoms with Crippen LogP contribution in [0.15, 0.2) is 48.5 Å². The van der Waals surface area contributed by atoms with Crippen LogP contribution >= 0.6 is 11.6 Å². The molecule has 0 saturated carbocycles. The van der Waals surface area contributed by atoms with Crippen LogP contribution in [-0.2, 0) is 4.79 Å². The summed E-state index contributed by atoms with van der Waals surface area (Å²) in [6.45, 7) is 6.23. The minimum Gasteiger partial charge on any atom is -0.369 e. The van der Waals surface area contributed by atoms with E-state index in [1.165, 1.54) is 11.8 Å². The number of carbonyl (C=O) groups is 1. The molecule has 1 fully saturated rings. The zero-order valence-electron chi connectivity index (χ0n) is 15.2. The Morgan fingerprint density at radius 3 is 2.54 bits per heavy atom. The summed E-state index contributed by atoms with van der Waals surface area (Å²) < 4.78 is 0. The van der Waals surface area contributed by atoms with E-state index in [9.17, 15) is 4.79 Å². The summed E-state index contributed by atoms with van der Waals surface area (Å²) >= 11 is 6.10. The molecule has 0 bridgehead atoms. The van der Waals surface area contributed by atoms with Crippen molar-refractivity contribution in [1.29, 1.82) is 0 Å². The molecule has 1 aliphatic rings. The Hall–Kier alpha value is -2.30. The topological polar surface area (TPSA) is 35.6 Å². The lowest BCUT2D eigenvalue weighted by Gasteiger charge is -2.34. The van der Waals surface area contributed by atoms with Crippen molar-refractivity contribution in [1.82, 2.24) is 4.90 Å². The molecule has 1 N–H and O–H groups in total. The summed E-state index contributed by atoms with van der Waals surface area (Å²) in [6, 6.07) is 13.6. The molecule has 4 nitrogen and oxygen atoms in total. The number of aryl methyl sites for hydroxylation is 1. The van der Waals surface area contributed by atoms with Gasteiger partial charge >= 0.3 is 0 Å². The number of carbonyl (C=O) groups excluding carboxylic acids is 1. The third-order valence-electron chi connectivity index (χ3n) is 4.66.